The quantitative estimate of drug-likeness (QED) is 0.730. The minimum absolute atomic E-state index is 0.0855. The number of hydrogen-bond acceptors (Lipinski definition) is 4. The lowest BCUT2D eigenvalue weighted by Crippen LogP contribution is -2.49. The molecule has 2 aliphatic heterocycles. The van der Waals surface area contributed by atoms with E-state index in [0.717, 1.165) is 53.2 Å². The Balaban J connectivity index is 1.42. The summed E-state index contributed by atoms with van der Waals surface area (Å²) in [6.07, 6.45) is 6.10. The van der Waals surface area contributed by atoms with Crippen LogP contribution in [-0.4, -0.2) is 45.5 Å². The van der Waals surface area contributed by atoms with Gasteiger partial charge >= 0.3 is 0 Å². The largest absolute Gasteiger partial charge is 0.368 e. The van der Waals surface area contributed by atoms with Gasteiger partial charge in [-0.25, -0.2) is 9.97 Å². The summed E-state index contributed by atoms with van der Waals surface area (Å²) in [5, 5.41) is 0. The van der Waals surface area contributed by atoms with Gasteiger partial charge in [0, 0.05) is 36.7 Å². The van der Waals surface area contributed by atoms with Crippen LogP contribution in [0.4, 0.5) is 0 Å². The molecule has 1 N–H and O–H groups in total. The van der Waals surface area contributed by atoms with Crippen molar-refractivity contribution in [3.63, 3.8) is 0 Å². The van der Waals surface area contributed by atoms with E-state index in [4.69, 9.17) is 9.72 Å². The summed E-state index contributed by atoms with van der Waals surface area (Å²) in [5.41, 5.74) is 4.41. The van der Waals surface area contributed by atoms with E-state index in [1.54, 1.807) is 0 Å². The number of carbonyl (C=O) groups is 1. The zero-order valence-electron chi connectivity index (χ0n) is 16.5. The maximum absolute atomic E-state index is 12.9. The highest BCUT2D eigenvalue weighted by Crippen LogP contribution is 2.41. The van der Waals surface area contributed by atoms with Crippen LogP contribution in [-0.2, 0) is 16.8 Å². The monoisotopic (exact) mass is 388 g/mol. The number of likely N-dealkylation sites (tertiary alicyclic amines) is 1. The second-order valence-corrected chi connectivity index (χ2v) is 7.83. The maximum atomic E-state index is 12.9. The predicted molar refractivity (Wildman–Crippen MR) is 109 cm³/mol. The first-order valence-electron chi connectivity index (χ1n) is 10.2. The number of hydrogen-bond donors (Lipinski definition) is 1. The van der Waals surface area contributed by atoms with E-state index in [2.05, 4.69) is 9.97 Å². The lowest BCUT2D eigenvalue weighted by atomic mass is 9.83. The molecule has 0 saturated carbocycles. The minimum Gasteiger partial charge on any atom is -0.368 e. The Morgan fingerprint density at radius 1 is 1.17 bits per heavy atom. The van der Waals surface area contributed by atoms with Crippen LogP contribution < -0.4 is 0 Å². The zero-order chi connectivity index (χ0) is 19.8. The fourth-order valence-corrected chi connectivity index (χ4v) is 4.44. The Hall–Kier alpha value is -2.99. The fourth-order valence-electron chi connectivity index (χ4n) is 4.44. The SMILES string of the molecule is Cc1[nH]ccc1C(=O)N1CCC2(CC1)OCCc1cnc(-c3ccccc3)nc12. The standard InChI is InChI=1S/C23H24N4O2/c1-16-19(7-11-24-16)22(28)27-12-9-23(10-13-27)20-18(8-14-29-23)15-25-21(26-20)17-5-3-2-4-6-17/h2-7,11,15,24H,8-10,12-14H2,1H3. The van der Waals surface area contributed by atoms with Gasteiger partial charge in [0.05, 0.1) is 17.9 Å². The number of nitrogens with zero attached hydrogens (tertiary/aromatic N) is 3. The molecular formula is C23H24N4O2. The second kappa shape index (κ2) is 7.12. The van der Waals surface area contributed by atoms with Gasteiger partial charge in [0.15, 0.2) is 5.82 Å². The van der Waals surface area contributed by atoms with E-state index >= 15 is 0 Å². The van der Waals surface area contributed by atoms with Crippen LogP contribution in [0.15, 0.2) is 48.8 Å². The number of carbonyl (C=O) groups excluding carboxylic acids is 1. The number of amides is 1. The van der Waals surface area contributed by atoms with E-state index in [9.17, 15) is 4.79 Å². The third-order valence-corrected chi connectivity index (χ3v) is 6.12. The van der Waals surface area contributed by atoms with Crippen molar-refractivity contribution in [2.45, 2.75) is 31.8 Å². The van der Waals surface area contributed by atoms with Crippen LogP contribution in [0.3, 0.4) is 0 Å². The number of ether oxygens (including phenoxy) is 1. The van der Waals surface area contributed by atoms with E-state index in [1.165, 1.54) is 0 Å². The predicted octanol–water partition coefficient (Wildman–Crippen LogP) is 3.48. The Labute approximate surface area is 170 Å². The molecule has 6 heteroatoms. The number of benzene rings is 1. The average molecular weight is 388 g/mol. The van der Waals surface area contributed by atoms with E-state index in [1.807, 2.05) is 60.6 Å². The first-order chi connectivity index (χ1) is 14.2. The maximum Gasteiger partial charge on any atom is 0.255 e. The van der Waals surface area contributed by atoms with Crippen molar-refractivity contribution in [1.29, 1.82) is 0 Å². The molecule has 29 heavy (non-hydrogen) atoms. The molecule has 1 amide bonds. The van der Waals surface area contributed by atoms with Crippen LogP contribution in [0.1, 0.15) is 40.2 Å². The molecule has 1 fully saturated rings. The van der Waals surface area contributed by atoms with Crippen molar-refractivity contribution >= 4 is 5.91 Å². The van der Waals surface area contributed by atoms with Gasteiger partial charge in [0.1, 0.15) is 5.60 Å². The molecule has 3 aromatic rings. The van der Waals surface area contributed by atoms with Crippen LogP contribution in [0.2, 0.25) is 0 Å². The van der Waals surface area contributed by atoms with Crippen molar-refractivity contribution in [3.8, 4) is 11.4 Å². The number of piperidine rings is 1. The molecule has 6 nitrogen and oxygen atoms in total. The third kappa shape index (κ3) is 3.13. The summed E-state index contributed by atoms with van der Waals surface area (Å²) in [6.45, 7) is 3.92. The molecular weight excluding hydrogens is 364 g/mol. The van der Waals surface area contributed by atoms with E-state index in [-0.39, 0.29) is 5.91 Å². The van der Waals surface area contributed by atoms with E-state index < -0.39 is 5.60 Å². The molecule has 2 aliphatic rings. The number of aryl methyl sites for hydroxylation is 1. The number of fused-ring (bicyclic) bond motifs is 2. The van der Waals surface area contributed by atoms with E-state index in [0.29, 0.717) is 19.7 Å². The normalized spacial score (nSPS) is 17.9. The Kier molecular flexibility index (Phi) is 4.43. The van der Waals surface area contributed by atoms with Crippen LogP contribution in [0, 0.1) is 6.92 Å². The average Bonchev–Trinajstić information content (AvgIpc) is 3.20. The van der Waals surface area contributed by atoms with Crippen LogP contribution in [0.5, 0.6) is 0 Å². The zero-order valence-corrected chi connectivity index (χ0v) is 16.5. The van der Waals surface area contributed by atoms with Gasteiger partial charge in [0.25, 0.3) is 5.91 Å². The number of aromatic amines is 1. The Bertz CT molecular complexity index is 1040. The van der Waals surface area contributed by atoms with Gasteiger partial charge in [-0.15, -0.1) is 0 Å². The molecule has 0 atom stereocenters. The molecule has 0 bridgehead atoms. The van der Waals surface area contributed by atoms with Gasteiger partial charge < -0.3 is 14.6 Å². The molecule has 5 rings (SSSR count). The van der Waals surface area contributed by atoms with Gasteiger partial charge in [0.2, 0.25) is 0 Å². The molecule has 4 heterocycles. The number of H-pyrrole nitrogens is 1. The van der Waals surface area contributed by atoms with Crippen molar-refractivity contribution in [2.75, 3.05) is 19.7 Å². The topological polar surface area (TPSA) is 71.1 Å². The summed E-state index contributed by atoms with van der Waals surface area (Å²) in [6, 6.07) is 11.9. The highest BCUT2D eigenvalue weighted by atomic mass is 16.5. The third-order valence-electron chi connectivity index (χ3n) is 6.12. The van der Waals surface area contributed by atoms with Crippen molar-refractivity contribution in [2.24, 2.45) is 0 Å². The highest BCUT2D eigenvalue weighted by Gasteiger charge is 2.43. The first-order valence-corrected chi connectivity index (χ1v) is 10.2. The molecule has 0 radical (unpaired) electrons. The van der Waals surface area contributed by atoms with Crippen molar-refractivity contribution in [1.82, 2.24) is 19.9 Å². The second-order valence-electron chi connectivity index (χ2n) is 7.83. The number of aromatic nitrogens is 3. The Morgan fingerprint density at radius 3 is 2.69 bits per heavy atom. The van der Waals surface area contributed by atoms with Crippen LogP contribution in [0.25, 0.3) is 11.4 Å². The lowest BCUT2D eigenvalue weighted by molar-refractivity contribution is -0.0967. The summed E-state index contributed by atoms with van der Waals surface area (Å²) >= 11 is 0. The molecule has 0 unspecified atom stereocenters. The smallest absolute Gasteiger partial charge is 0.255 e. The molecule has 1 spiro atoms. The number of nitrogens with one attached hydrogen (secondary N) is 1. The number of rotatable bonds is 2. The summed E-state index contributed by atoms with van der Waals surface area (Å²) in [4.78, 5) is 27.4. The molecule has 1 saturated heterocycles. The Morgan fingerprint density at radius 2 is 1.97 bits per heavy atom. The van der Waals surface area contributed by atoms with Crippen molar-refractivity contribution in [3.05, 3.63) is 71.3 Å². The minimum atomic E-state index is -0.427. The van der Waals surface area contributed by atoms with Crippen molar-refractivity contribution < 1.29 is 9.53 Å². The molecule has 0 aliphatic carbocycles. The molecule has 148 valence electrons. The van der Waals surface area contributed by atoms with Crippen LogP contribution >= 0.6 is 0 Å². The molecule has 1 aromatic carbocycles. The lowest BCUT2D eigenvalue weighted by Gasteiger charge is -2.44. The fraction of sp³-hybridized carbons (Fsp3) is 0.348. The van der Waals surface area contributed by atoms with Gasteiger partial charge in [-0.2, -0.15) is 0 Å². The molecule has 2 aromatic heterocycles. The van der Waals surface area contributed by atoms with Gasteiger partial charge in [-0.05, 0) is 37.8 Å². The van der Waals surface area contributed by atoms with Gasteiger partial charge in [-0.1, -0.05) is 30.3 Å². The first kappa shape index (κ1) is 18.1. The summed E-state index contributed by atoms with van der Waals surface area (Å²) < 4.78 is 6.33. The summed E-state index contributed by atoms with van der Waals surface area (Å²) in [5.74, 6) is 0.818. The highest BCUT2D eigenvalue weighted by molar-refractivity contribution is 5.95. The summed E-state index contributed by atoms with van der Waals surface area (Å²) in [7, 11) is 0. The van der Waals surface area contributed by atoms with Gasteiger partial charge in [-0.3, -0.25) is 4.79 Å².